The van der Waals surface area contributed by atoms with Gasteiger partial charge in [0, 0.05) is 12.6 Å². The van der Waals surface area contributed by atoms with Gasteiger partial charge in [-0.1, -0.05) is 24.3 Å². The number of benzene rings is 2. The normalized spacial score (nSPS) is 19.2. The number of hydrogen-bond acceptors (Lipinski definition) is 2. The number of aliphatic hydroxyl groups excluding tert-OH is 1. The van der Waals surface area contributed by atoms with Gasteiger partial charge in [-0.2, -0.15) is 0 Å². The van der Waals surface area contributed by atoms with E-state index in [9.17, 15) is 13.9 Å². The molecule has 4 heteroatoms. The standard InChI is InChI=1S/C15H13F2NO/c16-11-5-10(6-12(17)7-11)15(19)14-13-4-2-1-3-9(13)8-18-14/h1-7,14-15,18-19H,8H2. The van der Waals surface area contributed by atoms with Crippen molar-refractivity contribution in [2.45, 2.75) is 18.7 Å². The predicted octanol–water partition coefficient (Wildman–Crippen LogP) is 2.84. The fourth-order valence-corrected chi connectivity index (χ4v) is 2.55. The van der Waals surface area contributed by atoms with Crippen molar-refractivity contribution in [1.29, 1.82) is 0 Å². The number of hydrogen-bond donors (Lipinski definition) is 2. The van der Waals surface area contributed by atoms with Gasteiger partial charge in [0.05, 0.1) is 12.1 Å². The van der Waals surface area contributed by atoms with Gasteiger partial charge < -0.3 is 10.4 Å². The van der Waals surface area contributed by atoms with Crippen molar-refractivity contribution in [1.82, 2.24) is 5.32 Å². The minimum atomic E-state index is -0.978. The van der Waals surface area contributed by atoms with Crippen LogP contribution in [0.25, 0.3) is 0 Å². The maximum Gasteiger partial charge on any atom is 0.126 e. The van der Waals surface area contributed by atoms with E-state index in [0.717, 1.165) is 29.3 Å². The molecule has 0 radical (unpaired) electrons. The molecule has 1 aliphatic heterocycles. The smallest absolute Gasteiger partial charge is 0.126 e. The van der Waals surface area contributed by atoms with E-state index in [2.05, 4.69) is 5.32 Å². The van der Waals surface area contributed by atoms with E-state index in [1.54, 1.807) is 0 Å². The lowest BCUT2D eigenvalue weighted by molar-refractivity contribution is 0.133. The Hall–Kier alpha value is -1.78. The summed E-state index contributed by atoms with van der Waals surface area (Å²) in [7, 11) is 0. The zero-order valence-electron chi connectivity index (χ0n) is 10.1. The van der Waals surface area contributed by atoms with Gasteiger partial charge in [0.2, 0.25) is 0 Å². The molecule has 0 aromatic heterocycles. The van der Waals surface area contributed by atoms with E-state index in [4.69, 9.17) is 0 Å². The van der Waals surface area contributed by atoms with Crippen LogP contribution in [0.5, 0.6) is 0 Å². The van der Waals surface area contributed by atoms with E-state index in [0.29, 0.717) is 6.54 Å². The van der Waals surface area contributed by atoms with E-state index >= 15 is 0 Å². The molecule has 1 heterocycles. The van der Waals surface area contributed by atoms with Crippen LogP contribution < -0.4 is 5.32 Å². The predicted molar refractivity (Wildman–Crippen MR) is 67.3 cm³/mol. The van der Waals surface area contributed by atoms with Crippen molar-refractivity contribution in [2.24, 2.45) is 0 Å². The highest BCUT2D eigenvalue weighted by Gasteiger charge is 2.29. The van der Waals surface area contributed by atoms with Gasteiger partial charge in [-0.15, -0.1) is 0 Å². The first-order chi connectivity index (χ1) is 9.15. The Balaban J connectivity index is 1.95. The first kappa shape index (κ1) is 12.3. The highest BCUT2D eigenvalue weighted by atomic mass is 19.1. The van der Waals surface area contributed by atoms with Crippen LogP contribution in [0.1, 0.15) is 28.8 Å². The van der Waals surface area contributed by atoms with Crippen LogP contribution in [-0.4, -0.2) is 5.11 Å². The zero-order valence-corrected chi connectivity index (χ0v) is 10.1. The lowest BCUT2D eigenvalue weighted by atomic mass is 9.96. The molecular weight excluding hydrogens is 248 g/mol. The molecule has 0 bridgehead atoms. The molecule has 2 unspecified atom stereocenters. The maximum absolute atomic E-state index is 13.2. The van der Waals surface area contributed by atoms with Crippen LogP contribution in [-0.2, 0) is 6.54 Å². The van der Waals surface area contributed by atoms with E-state index in [-0.39, 0.29) is 11.6 Å². The molecule has 2 aromatic rings. The van der Waals surface area contributed by atoms with Gasteiger partial charge in [-0.25, -0.2) is 8.78 Å². The quantitative estimate of drug-likeness (QED) is 0.871. The van der Waals surface area contributed by atoms with Gasteiger partial charge >= 0.3 is 0 Å². The van der Waals surface area contributed by atoms with Gasteiger partial charge in [0.25, 0.3) is 0 Å². The molecule has 0 amide bonds. The second-order valence-electron chi connectivity index (χ2n) is 4.71. The van der Waals surface area contributed by atoms with Crippen LogP contribution in [0.3, 0.4) is 0 Å². The van der Waals surface area contributed by atoms with E-state index in [1.807, 2.05) is 24.3 Å². The Kier molecular flexibility index (Phi) is 3.05. The molecule has 0 saturated heterocycles. The lowest BCUT2D eigenvalue weighted by Crippen LogP contribution is -2.20. The van der Waals surface area contributed by atoms with Crippen molar-refractivity contribution in [3.8, 4) is 0 Å². The van der Waals surface area contributed by atoms with Gasteiger partial charge in [0.1, 0.15) is 11.6 Å². The first-order valence-corrected chi connectivity index (χ1v) is 6.10. The SMILES string of the molecule is OC(c1cc(F)cc(F)c1)C1NCc2ccccc21. The fourth-order valence-electron chi connectivity index (χ4n) is 2.55. The molecule has 0 fully saturated rings. The Morgan fingerprint density at radius 1 is 1.11 bits per heavy atom. The molecule has 2 aromatic carbocycles. The van der Waals surface area contributed by atoms with Crippen LogP contribution in [0, 0.1) is 11.6 Å². The minimum absolute atomic E-state index is 0.242. The number of nitrogens with one attached hydrogen (secondary N) is 1. The molecule has 0 spiro atoms. The summed E-state index contributed by atoms with van der Waals surface area (Å²) >= 11 is 0. The second-order valence-corrected chi connectivity index (χ2v) is 4.71. The Morgan fingerprint density at radius 2 is 1.79 bits per heavy atom. The molecule has 2 N–H and O–H groups in total. The summed E-state index contributed by atoms with van der Waals surface area (Å²) in [5, 5.41) is 13.5. The van der Waals surface area contributed by atoms with Crippen molar-refractivity contribution in [3.05, 3.63) is 70.8 Å². The van der Waals surface area contributed by atoms with Crippen molar-refractivity contribution in [2.75, 3.05) is 0 Å². The van der Waals surface area contributed by atoms with Gasteiger partial charge in [-0.3, -0.25) is 0 Å². The second kappa shape index (κ2) is 4.72. The average molecular weight is 261 g/mol. The average Bonchev–Trinajstić information content (AvgIpc) is 2.80. The Morgan fingerprint density at radius 3 is 2.53 bits per heavy atom. The van der Waals surface area contributed by atoms with Crippen LogP contribution in [0.2, 0.25) is 0 Å². The van der Waals surface area contributed by atoms with Gasteiger partial charge in [-0.05, 0) is 28.8 Å². The Labute approximate surface area is 109 Å². The van der Waals surface area contributed by atoms with Crippen LogP contribution in [0.4, 0.5) is 8.78 Å². The lowest BCUT2D eigenvalue weighted by Gasteiger charge is -2.20. The third kappa shape index (κ3) is 2.25. The summed E-state index contributed by atoms with van der Waals surface area (Å²) < 4.78 is 26.4. The van der Waals surface area contributed by atoms with E-state index < -0.39 is 17.7 Å². The maximum atomic E-state index is 13.2. The van der Waals surface area contributed by atoms with Crippen molar-refractivity contribution in [3.63, 3.8) is 0 Å². The minimum Gasteiger partial charge on any atom is -0.386 e. The van der Waals surface area contributed by atoms with Gasteiger partial charge in [0.15, 0.2) is 0 Å². The van der Waals surface area contributed by atoms with Crippen LogP contribution >= 0.6 is 0 Å². The molecule has 2 atom stereocenters. The number of rotatable bonds is 2. The molecule has 1 aliphatic rings. The molecule has 0 saturated carbocycles. The molecule has 0 aliphatic carbocycles. The number of aliphatic hydroxyl groups is 1. The summed E-state index contributed by atoms with van der Waals surface area (Å²) in [6.07, 6.45) is -0.978. The summed E-state index contributed by atoms with van der Waals surface area (Å²) in [5.41, 5.74) is 2.31. The largest absolute Gasteiger partial charge is 0.386 e. The highest BCUT2D eigenvalue weighted by Crippen LogP contribution is 2.35. The highest BCUT2D eigenvalue weighted by molar-refractivity contribution is 5.36. The molecule has 19 heavy (non-hydrogen) atoms. The summed E-state index contributed by atoms with van der Waals surface area (Å²) in [6, 6.07) is 10.5. The third-order valence-corrected chi connectivity index (χ3v) is 3.44. The Bertz CT molecular complexity index is 595. The summed E-state index contributed by atoms with van der Waals surface area (Å²) in [5.74, 6) is -1.36. The number of halogens is 2. The first-order valence-electron chi connectivity index (χ1n) is 6.10. The molecule has 3 rings (SSSR count). The molecule has 98 valence electrons. The molecular formula is C15H13F2NO. The summed E-state index contributed by atoms with van der Waals surface area (Å²) in [4.78, 5) is 0. The fraction of sp³-hybridized carbons (Fsp3) is 0.200. The zero-order chi connectivity index (χ0) is 13.4. The third-order valence-electron chi connectivity index (χ3n) is 3.44. The van der Waals surface area contributed by atoms with Crippen molar-refractivity contribution < 1.29 is 13.9 Å². The van der Waals surface area contributed by atoms with E-state index in [1.165, 1.54) is 0 Å². The van der Waals surface area contributed by atoms with Crippen molar-refractivity contribution >= 4 is 0 Å². The number of fused-ring (bicyclic) bond motifs is 1. The summed E-state index contributed by atoms with van der Waals surface area (Å²) in [6.45, 7) is 0.649. The monoisotopic (exact) mass is 261 g/mol. The topological polar surface area (TPSA) is 32.3 Å². The molecule has 2 nitrogen and oxygen atoms in total. The van der Waals surface area contributed by atoms with Crippen LogP contribution in [0.15, 0.2) is 42.5 Å².